The Labute approximate surface area is 176 Å². The Kier molecular flexibility index (Phi) is 6.69. The largest absolute Gasteiger partial charge is 0.454 e. The third kappa shape index (κ3) is 4.91. The van der Waals surface area contributed by atoms with E-state index in [1.807, 2.05) is 28.4 Å². The molecule has 2 aliphatic rings. The summed E-state index contributed by atoms with van der Waals surface area (Å²) in [7, 11) is 1.68. The molecule has 7 heteroatoms. The molecule has 1 aromatic carbocycles. The van der Waals surface area contributed by atoms with Crippen molar-refractivity contribution in [3.8, 4) is 11.5 Å². The van der Waals surface area contributed by atoms with E-state index in [9.17, 15) is 4.79 Å². The summed E-state index contributed by atoms with van der Waals surface area (Å²) in [6, 6.07) is 9.99. The van der Waals surface area contributed by atoms with Crippen LogP contribution in [0.5, 0.6) is 11.5 Å². The van der Waals surface area contributed by atoms with Gasteiger partial charge in [0.15, 0.2) is 11.5 Å². The van der Waals surface area contributed by atoms with E-state index >= 15 is 0 Å². The molecule has 0 N–H and O–H groups in total. The number of fused-ring (bicyclic) bond motifs is 1. The van der Waals surface area contributed by atoms with E-state index in [2.05, 4.69) is 22.4 Å². The van der Waals surface area contributed by atoms with Crippen molar-refractivity contribution in [2.75, 3.05) is 46.7 Å². The van der Waals surface area contributed by atoms with E-state index in [1.54, 1.807) is 13.2 Å². The fraction of sp³-hybridized carbons (Fsp3) is 0.500. The van der Waals surface area contributed by atoms with Crippen LogP contribution in [-0.2, 0) is 11.2 Å². The molecule has 1 saturated heterocycles. The summed E-state index contributed by atoms with van der Waals surface area (Å²) in [6.45, 7) is 4.48. The highest BCUT2D eigenvalue weighted by Gasteiger charge is 2.29. The van der Waals surface area contributed by atoms with Crippen LogP contribution in [0.1, 0.15) is 28.1 Å². The normalized spacial score (nSPS) is 16.9. The van der Waals surface area contributed by atoms with Crippen LogP contribution in [0.25, 0.3) is 0 Å². The smallest absolute Gasteiger partial charge is 0.254 e. The first kappa shape index (κ1) is 20.2. The second-order valence-electron chi connectivity index (χ2n) is 7.46. The molecule has 1 amide bonds. The highest BCUT2D eigenvalue weighted by molar-refractivity contribution is 7.09. The highest BCUT2D eigenvalue weighted by atomic mass is 32.1. The molecule has 29 heavy (non-hydrogen) atoms. The van der Waals surface area contributed by atoms with Crippen molar-refractivity contribution in [1.82, 2.24) is 9.80 Å². The summed E-state index contributed by atoms with van der Waals surface area (Å²) in [5, 5.41) is 2.14. The Morgan fingerprint density at radius 3 is 2.83 bits per heavy atom. The van der Waals surface area contributed by atoms with Gasteiger partial charge in [-0.3, -0.25) is 4.79 Å². The number of amides is 1. The summed E-state index contributed by atoms with van der Waals surface area (Å²) < 4.78 is 16.1. The number of piperidine rings is 1. The fourth-order valence-corrected chi connectivity index (χ4v) is 4.71. The summed E-state index contributed by atoms with van der Waals surface area (Å²) in [5.41, 5.74) is 0.644. The Balaban J connectivity index is 1.37. The molecule has 1 aromatic heterocycles. The van der Waals surface area contributed by atoms with Crippen molar-refractivity contribution in [3.05, 3.63) is 46.2 Å². The number of likely N-dealkylation sites (tertiary alicyclic amines) is 1. The molecule has 0 unspecified atom stereocenters. The average Bonchev–Trinajstić information content (AvgIpc) is 3.44. The molecule has 0 spiro atoms. The number of rotatable bonds is 8. The number of thiophene rings is 1. The number of carbonyl (C=O) groups excluding carboxylic acids is 1. The third-order valence-electron chi connectivity index (χ3n) is 5.67. The summed E-state index contributed by atoms with van der Waals surface area (Å²) in [5.74, 6) is 1.38. The molecule has 0 aliphatic carbocycles. The first-order chi connectivity index (χ1) is 14.2. The molecule has 6 nitrogen and oxygen atoms in total. The average molecular weight is 417 g/mol. The molecular weight excluding hydrogens is 388 g/mol. The zero-order chi connectivity index (χ0) is 20.1. The molecule has 0 bridgehead atoms. The van der Waals surface area contributed by atoms with Gasteiger partial charge < -0.3 is 24.0 Å². The van der Waals surface area contributed by atoms with Gasteiger partial charge in [0.1, 0.15) is 0 Å². The van der Waals surface area contributed by atoms with E-state index < -0.39 is 0 Å². The van der Waals surface area contributed by atoms with E-state index in [0.29, 0.717) is 30.2 Å². The molecule has 0 radical (unpaired) electrons. The Morgan fingerprint density at radius 1 is 1.24 bits per heavy atom. The maximum absolute atomic E-state index is 13.3. The van der Waals surface area contributed by atoms with Gasteiger partial charge in [-0.2, -0.15) is 0 Å². The minimum absolute atomic E-state index is 0.0392. The zero-order valence-electron chi connectivity index (χ0n) is 16.8. The van der Waals surface area contributed by atoms with E-state index in [0.717, 1.165) is 38.9 Å². The maximum Gasteiger partial charge on any atom is 0.254 e. The fourth-order valence-electron chi connectivity index (χ4n) is 4.01. The van der Waals surface area contributed by atoms with Crippen LogP contribution in [-0.4, -0.2) is 68.4 Å². The first-order valence-corrected chi connectivity index (χ1v) is 11.1. The molecule has 1 fully saturated rings. The number of ether oxygens (including phenoxy) is 3. The van der Waals surface area contributed by atoms with E-state index in [4.69, 9.17) is 14.2 Å². The van der Waals surface area contributed by atoms with Gasteiger partial charge in [0.2, 0.25) is 6.79 Å². The van der Waals surface area contributed by atoms with Crippen LogP contribution >= 0.6 is 11.3 Å². The van der Waals surface area contributed by atoms with E-state index in [-0.39, 0.29) is 18.7 Å². The lowest BCUT2D eigenvalue weighted by Gasteiger charge is -2.38. The first-order valence-electron chi connectivity index (χ1n) is 10.2. The SMILES string of the molecule is COCCN(C(=O)c1ccc2c(c1)OCO2)C1CCN(CCc2cccs2)CC1. The van der Waals surface area contributed by atoms with Crippen LogP contribution in [0, 0.1) is 0 Å². The van der Waals surface area contributed by atoms with Crippen molar-refractivity contribution in [2.45, 2.75) is 25.3 Å². The summed E-state index contributed by atoms with van der Waals surface area (Å²) in [4.78, 5) is 19.2. The number of carbonyl (C=O) groups is 1. The molecule has 156 valence electrons. The second kappa shape index (κ2) is 9.61. The van der Waals surface area contributed by atoms with Gasteiger partial charge in [-0.1, -0.05) is 6.07 Å². The predicted molar refractivity (Wildman–Crippen MR) is 113 cm³/mol. The van der Waals surface area contributed by atoms with Gasteiger partial charge in [0.05, 0.1) is 6.61 Å². The summed E-state index contributed by atoms with van der Waals surface area (Å²) >= 11 is 1.82. The maximum atomic E-state index is 13.3. The van der Waals surface area contributed by atoms with Gasteiger partial charge in [-0.05, 0) is 48.9 Å². The molecule has 4 rings (SSSR count). The molecule has 0 saturated carbocycles. The second-order valence-corrected chi connectivity index (χ2v) is 8.49. The number of hydrogen-bond donors (Lipinski definition) is 0. The van der Waals surface area contributed by atoms with Crippen molar-refractivity contribution >= 4 is 17.2 Å². The Morgan fingerprint density at radius 2 is 2.07 bits per heavy atom. The molecular formula is C22H28N2O4S. The van der Waals surface area contributed by atoms with Crippen molar-refractivity contribution in [3.63, 3.8) is 0 Å². The standard InChI is InChI=1S/C22H28N2O4S/c1-26-13-12-24(22(25)17-4-5-20-21(15-17)28-16-27-20)18-6-9-23(10-7-18)11-8-19-3-2-14-29-19/h2-5,14-15,18H,6-13,16H2,1H3. The van der Waals surface area contributed by atoms with Crippen LogP contribution in [0.2, 0.25) is 0 Å². The monoisotopic (exact) mass is 416 g/mol. The van der Waals surface area contributed by atoms with Crippen molar-refractivity contribution in [1.29, 1.82) is 0 Å². The van der Waals surface area contributed by atoms with Crippen LogP contribution in [0.3, 0.4) is 0 Å². The Bertz CT molecular complexity index is 803. The quantitative estimate of drug-likeness (QED) is 0.661. The van der Waals surface area contributed by atoms with Gasteiger partial charge >= 0.3 is 0 Å². The Hall–Kier alpha value is -2.09. The molecule has 3 heterocycles. The topological polar surface area (TPSA) is 51.2 Å². The van der Waals surface area contributed by atoms with Gasteiger partial charge in [0, 0.05) is 49.8 Å². The number of nitrogens with zero attached hydrogens (tertiary/aromatic N) is 2. The van der Waals surface area contributed by atoms with Crippen molar-refractivity contribution in [2.24, 2.45) is 0 Å². The minimum Gasteiger partial charge on any atom is -0.454 e. The summed E-state index contributed by atoms with van der Waals surface area (Å²) in [6.07, 6.45) is 3.08. The number of methoxy groups -OCH3 is 1. The van der Waals surface area contributed by atoms with Crippen LogP contribution in [0.4, 0.5) is 0 Å². The predicted octanol–water partition coefficient (Wildman–Crippen LogP) is 3.27. The zero-order valence-corrected chi connectivity index (χ0v) is 17.7. The number of hydrogen-bond acceptors (Lipinski definition) is 6. The lowest BCUT2D eigenvalue weighted by molar-refractivity contribution is 0.0486. The lowest BCUT2D eigenvalue weighted by Crippen LogP contribution is -2.48. The molecule has 2 aromatic rings. The third-order valence-corrected chi connectivity index (χ3v) is 6.61. The van der Waals surface area contributed by atoms with Crippen LogP contribution in [0.15, 0.2) is 35.7 Å². The van der Waals surface area contributed by atoms with Gasteiger partial charge in [-0.15, -0.1) is 11.3 Å². The van der Waals surface area contributed by atoms with Gasteiger partial charge in [-0.25, -0.2) is 0 Å². The van der Waals surface area contributed by atoms with E-state index in [1.165, 1.54) is 4.88 Å². The molecule has 0 atom stereocenters. The van der Waals surface area contributed by atoms with Crippen molar-refractivity contribution < 1.29 is 19.0 Å². The number of benzene rings is 1. The lowest BCUT2D eigenvalue weighted by atomic mass is 10.0. The van der Waals surface area contributed by atoms with Crippen LogP contribution < -0.4 is 9.47 Å². The van der Waals surface area contributed by atoms with Gasteiger partial charge in [0.25, 0.3) is 5.91 Å². The molecule has 2 aliphatic heterocycles. The highest BCUT2D eigenvalue weighted by Crippen LogP contribution is 2.33. The minimum atomic E-state index is 0.0392.